The smallest absolute Gasteiger partial charge is 0.0264 e. The summed E-state index contributed by atoms with van der Waals surface area (Å²) in [6.45, 7) is 7.87. The Morgan fingerprint density at radius 2 is 1.60 bits per heavy atom. The first-order chi connectivity index (χ1) is 9.53. The zero-order valence-electron chi connectivity index (χ0n) is 14.0. The fourth-order valence-electron chi connectivity index (χ4n) is 7.66. The molecule has 0 aromatic rings. The molecule has 4 aliphatic rings. The van der Waals surface area contributed by atoms with Crippen LogP contribution in [-0.4, -0.2) is 0 Å². The third kappa shape index (κ3) is 1.78. The highest BCUT2D eigenvalue weighted by molar-refractivity contribution is 5.07. The van der Waals surface area contributed by atoms with Crippen molar-refractivity contribution in [3.05, 3.63) is 0 Å². The highest BCUT2D eigenvalue weighted by atomic mass is 14.6. The summed E-state index contributed by atoms with van der Waals surface area (Å²) in [7, 11) is 0. The van der Waals surface area contributed by atoms with E-state index in [-0.39, 0.29) is 0 Å². The highest BCUT2D eigenvalue weighted by Crippen LogP contribution is 2.66. The lowest BCUT2D eigenvalue weighted by Gasteiger charge is -2.60. The standard InChI is InChI=1S/C20H34/c1-14-6-7-15-8-9-16-17-5-4-11-19(17,2)12-10-18(16)20(15,3)13-14/h14-18H,4-13H2,1-3H3/t14-,15?,16-,17-,18-,19-,20-/m0/s1. The van der Waals surface area contributed by atoms with E-state index in [2.05, 4.69) is 20.8 Å². The van der Waals surface area contributed by atoms with Gasteiger partial charge in [-0.1, -0.05) is 33.6 Å². The molecule has 0 spiro atoms. The zero-order chi connectivity index (χ0) is 14.0. The molecule has 0 heterocycles. The van der Waals surface area contributed by atoms with E-state index >= 15 is 0 Å². The van der Waals surface area contributed by atoms with Gasteiger partial charge in [0.05, 0.1) is 0 Å². The summed E-state index contributed by atoms with van der Waals surface area (Å²) >= 11 is 0. The van der Waals surface area contributed by atoms with E-state index in [9.17, 15) is 0 Å². The van der Waals surface area contributed by atoms with Crippen molar-refractivity contribution in [3.8, 4) is 0 Å². The maximum atomic E-state index is 2.71. The van der Waals surface area contributed by atoms with Gasteiger partial charge in [-0.15, -0.1) is 0 Å². The minimum absolute atomic E-state index is 0.713. The molecule has 0 N–H and O–H groups in total. The molecule has 0 heteroatoms. The maximum absolute atomic E-state index is 2.71. The molecule has 0 nitrogen and oxygen atoms in total. The van der Waals surface area contributed by atoms with Crippen LogP contribution in [0.25, 0.3) is 0 Å². The van der Waals surface area contributed by atoms with E-state index < -0.39 is 0 Å². The van der Waals surface area contributed by atoms with Crippen LogP contribution in [0, 0.1) is 40.4 Å². The summed E-state index contributed by atoms with van der Waals surface area (Å²) in [6.07, 6.45) is 15.5. The second-order valence-corrected chi connectivity index (χ2v) is 9.63. The van der Waals surface area contributed by atoms with E-state index in [1.165, 1.54) is 19.3 Å². The fourth-order valence-corrected chi connectivity index (χ4v) is 7.66. The first-order valence-corrected chi connectivity index (χ1v) is 9.53. The van der Waals surface area contributed by atoms with Gasteiger partial charge >= 0.3 is 0 Å². The highest BCUT2D eigenvalue weighted by Gasteiger charge is 2.57. The molecule has 0 aliphatic heterocycles. The topological polar surface area (TPSA) is 0 Å². The van der Waals surface area contributed by atoms with Gasteiger partial charge in [-0.25, -0.2) is 0 Å². The van der Waals surface area contributed by atoms with Crippen LogP contribution in [0.5, 0.6) is 0 Å². The summed E-state index contributed by atoms with van der Waals surface area (Å²) in [6, 6.07) is 0. The Hall–Kier alpha value is 0. The average molecular weight is 274 g/mol. The van der Waals surface area contributed by atoms with Crippen molar-refractivity contribution in [1.29, 1.82) is 0 Å². The molecule has 0 amide bonds. The van der Waals surface area contributed by atoms with Crippen LogP contribution in [0.4, 0.5) is 0 Å². The zero-order valence-corrected chi connectivity index (χ0v) is 14.0. The van der Waals surface area contributed by atoms with Crippen molar-refractivity contribution < 1.29 is 0 Å². The summed E-state index contributed by atoms with van der Waals surface area (Å²) < 4.78 is 0. The van der Waals surface area contributed by atoms with Crippen LogP contribution in [0.1, 0.15) is 85.0 Å². The van der Waals surface area contributed by atoms with Gasteiger partial charge < -0.3 is 0 Å². The van der Waals surface area contributed by atoms with Crippen LogP contribution in [-0.2, 0) is 0 Å². The van der Waals surface area contributed by atoms with Crippen molar-refractivity contribution in [2.45, 2.75) is 85.0 Å². The van der Waals surface area contributed by atoms with E-state index in [0.717, 1.165) is 35.0 Å². The van der Waals surface area contributed by atoms with E-state index in [4.69, 9.17) is 0 Å². The summed E-state index contributed by atoms with van der Waals surface area (Å²) in [5, 5.41) is 0. The summed E-state index contributed by atoms with van der Waals surface area (Å²) in [5.74, 6) is 5.34. The van der Waals surface area contributed by atoms with Crippen LogP contribution in [0.2, 0.25) is 0 Å². The SMILES string of the molecule is C[C@H]1CCC2CC[C@H]3[C@@H]4CCC[C@@]4(C)CC[C@@H]3[C@@]2(C)C1. The number of hydrogen-bond acceptors (Lipinski definition) is 0. The van der Waals surface area contributed by atoms with Crippen molar-refractivity contribution in [2.75, 3.05) is 0 Å². The molecule has 4 rings (SSSR count). The quantitative estimate of drug-likeness (QED) is 0.504. The van der Waals surface area contributed by atoms with Gasteiger partial charge in [0.1, 0.15) is 0 Å². The molecule has 0 bridgehead atoms. The Labute approximate surface area is 126 Å². The van der Waals surface area contributed by atoms with Crippen molar-refractivity contribution in [3.63, 3.8) is 0 Å². The molecule has 0 aromatic heterocycles. The molecule has 4 saturated carbocycles. The maximum Gasteiger partial charge on any atom is -0.0264 e. The van der Waals surface area contributed by atoms with Crippen molar-refractivity contribution >= 4 is 0 Å². The third-order valence-electron chi connectivity index (χ3n) is 8.64. The molecule has 4 aliphatic carbocycles. The van der Waals surface area contributed by atoms with Gasteiger partial charge in [-0.05, 0) is 91.8 Å². The molecular weight excluding hydrogens is 240 g/mol. The summed E-state index contributed by atoms with van der Waals surface area (Å²) in [5.41, 5.74) is 1.45. The van der Waals surface area contributed by atoms with Crippen LogP contribution >= 0.6 is 0 Å². The molecule has 20 heavy (non-hydrogen) atoms. The predicted molar refractivity (Wildman–Crippen MR) is 85.5 cm³/mol. The summed E-state index contributed by atoms with van der Waals surface area (Å²) in [4.78, 5) is 0. The van der Waals surface area contributed by atoms with Crippen LogP contribution in [0.15, 0.2) is 0 Å². The van der Waals surface area contributed by atoms with E-state index in [0.29, 0.717) is 5.41 Å². The molecule has 1 unspecified atom stereocenters. The molecule has 114 valence electrons. The van der Waals surface area contributed by atoms with E-state index in [1.54, 1.807) is 44.9 Å². The van der Waals surface area contributed by atoms with Crippen molar-refractivity contribution in [1.82, 2.24) is 0 Å². The monoisotopic (exact) mass is 274 g/mol. The minimum Gasteiger partial charge on any atom is -0.0625 e. The number of hydrogen-bond donors (Lipinski definition) is 0. The Bertz CT molecular complexity index is 385. The Kier molecular flexibility index (Phi) is 3.07. The fraction of sp³-hybridized carbons (Fsp3) is 1.00. The van der Waals surface area contributed by atoms with Gasteiger partial charge in [0, 0.05) is 0 Å². The lowest BCUT2D eigenvalue weighted by atomic mass is 9.44. The average Bonchev–Trinajstić information content (AvgIpc) is 2.79. The molecular formula is C20H34. The lowest BCUT2D eigenvalue weighted by Crippen LogP contribution is -2.52. The van der Waals surface area contributed by atoms with Crippen LogP contribution < -0.4 is 0 Å². The Morgan fingerprint density at radius 1 is 0.800 bits per heavy atom. The van der Waals surface area contributed by atoms with Gasteiger partial charge in [-0.3, -0.25) is 0 Å². The van der Waals surface area contributed by atoms with E-state index in [1.807, 2.05) is 0 Å². The van der Waals surface area contributed by atoms with Gasteiger partial charge in [0.15, 0.2) is 0 Å². The predicted octanol–water partition coefficient (Wildman–Crippen LogP) is 6.06. The second kappa shape index (κ2) is 4.50. The Morgan fingerprint density at radius 3 is 2.45 bits per heavy atom. The molecule has 0 saturated heterocycles. The largest absolute Gasteiger partial charge is 0.0625 e. The van der Waals surface area contributed by atoms with Crippen molar-refractivity contribution in [2.24, 2.45) is 40.4 Å². The minimum atomic E-state index is 0.713. The first-order valence-electron chi connectivity index (χ1n) is 9.53. The van der Waals surface area contributed by atoms with Crippen LogP contribution in [0.3, 0.4) is 0 Å². The second-order valence-electron chi connectivity index (χ2n) is 9.63. The van der Waals surface area contributed by atoms with Gasteiger partial charge in [0.25, 0.3) is 0 Å². The van der Waals surface area contributed by atoms with Gasteiger partial charge in [0.2, 0.25) is 0 Å². The Balaban J connectivity index is 1.64. The third-order valence-corrected chi connectivity index (χ3v) is 8.64. The normalized spacial score (nSPS) is 58.6. The molecule has 7 atom stereocenters. The molecule has 0 radical (unpaired) electrons. The van der Waals surface area contributed by atoms with Gasteiger partial charge in [-0.2, -0.15) is 0 Å². The molecule has 0 aromatic carbocycles. The number of fused-ring (bicyclic) bond motifs is 5. The lowest BCUT2D eigenvalue weighted by molar-refractivity contribution is -0.111. The molecule has 4 fully saturated rings. The first kappa shape index (κ1) is 13.6. The number of rotatable bonds is 0.